The summed E-state index contributed by atoms with van der Waals surface area (Å²) in [6, 6.07) is -0.775. The van der Waals surface area contributed by atoms with Gasteiger partial charge >= 0.3 is 0 Å². The summed E-state index contributed by atoms with van der Waals surface area (Å²) in [4.78, 5) is 0. The first kappa shape index (κ1) is 11.8. The summed E-state index contributed by atoms with van der Waals surface area (Å²) in [5, 5.41) is 28.4. The maximum absolute atomic E-state index is 9.56. The van der Waals surface area contributed by atoms with E-state index in [0.29, 0.717) is 0 Å². The molecule has 0 heterocycles. The minimum absolute atomic E-state index is 0.631. The Bertz CT molecular complexity index is 171. The second-order valence-corrected chi connectivity index (χ2v) is 3.45. The molecule has 0 amide bonds. The molecule has 5 N–H and O–H groups in total. The molecule has 6 heteroatoms. The maximum atomic E-state index is 9.56. The topological polar surface area (TPSA) is 105 Å². The molecular weight excluding hydrogens is 190 g/mol. The predicted molar refractivity (Wildman–Crippen MR) is 47.6 cm³/mol. The van der Waals surface area contributed by atoms with Gasteiger partial charge in [-0.3, -0.25) is 0 Å². The van der Waals surface area contributed by atoms with Gasteiger partial charge in [-0.2, -0.15) is 0 Å². The Balaban J connectivity index is 2.84. The standard InChI is InChI=1S/C8H17NO5/c1-13-7-3(9)4(10)5(11)6(12)8(7)14-2/h3-8,10-12H,9H2,1-2H3. The van der Waals surface area contributed by atoms with Gasteiger partial charge in [0.15, 0.2) is 0 Å². The van der Waals surface area contributed by atoms with Crippen molar-refractivity contribution in [2.75, 3.05) is 14.2 Å². The van der Waals surface area contributed by atoms with Gasteiger partial charge in [-0.1, -0.05) is 0 Å². The van der Waals surface area contributed by atoms with Crippen LogP contribution >= 0.6 is 0 Å². The first-order chi connectivity index (χ1) is 6.54. The fourth-order valence-corrected chi connectivity index (χ4v) is 1.80. The van der Waals surface area contributed by atoms with Gasteiger partial charge in [0.2, 0.25) is 0 Å². The van der Waals surface area contributed by atoms with E-state index in [1.54, 1.807) is 0 Å². The van der Waals surface area contributed by atoms with Gasteiger partial charge in [0.25, 0.3) is 0 Å². The summed E-state index contributed by atoms with van der Waals surface area (Å²) in [7, 11) is 2.80. The maximum Gasteiger partial charge on any atom is 0.113 e. The van der Waals surface area contributed by atoms with Crippen molar-refractivity contribution in [3.05, 3.63) is 0 Å². The van der Waals surface area contributed by atoms with E-state index in [9.17, 15) is 15.3 Å². The lowest BCUT2D eigenvalue weighted by Gasteiger charge is -2.43. The number of nitrogens with two attached hydrogens (primary N) is 1. The second kappa shape index (κ2) is 4.52. The average Bonchev–Trinajstić information content (AvgIpc) is 2.20. The highest BCUT2D eigenvalue weighted by atomic mass is 16.5. The van der Waals surface area contributed by atoms with Crippen LogP contribution in [-0.2, 0) is 9.47 Å². The Morgan fingerprint density at radius 3 is 1.79 bits per heavy atom. The molecule has 1 aliphatic carbocycles. The molecule has 0 aliphatic heterocycles. The van der Waals surface area contributed by atoms with Gasteiger partial charge in [-0.05, 0) is 0 Å². The molecule has 6 atom stereocenters. The van der Waals surface area contributed by atoms with Crippen LogP contribution in [0.5, 0.6) is 0 Å². The fraction of sp³-hybridized carbons (Fsp3) is 1.00. The van der Waals surface area contributed by atoms with Crippen LogP contribution in [0, 0.1) is 0 Å². The summed E-state index contributed by atoms with van der Waals surface area (Å²) >= 11 is 0. The molecule has 1 fully saturated rings. The van der Waals surface area contributed by atoms with Gasteiger partial charge in [-0.25, -0.2) is 0 Å². The number of rotatable bonds is 2. The molecule has 6 unspecified atom stereocenters. The van der Waals surface area contributed by atoms with Crippen LogP contribution in [0.3, 0.4) is 0 Å². The van der Waals surface area contributed by atoms with E-state index >= 15 is 0 Å². The molecule has 0 aromatic heterocycles. The van der Waals surface area contributed by atoms with E-state index in [-0.39, 0.29) is 0 Å². The first-order valence-corrected chi connectivity index (χ1v) is 4.40. The molecule has 0 spiro atoms. The van der Waals surface area contributed by atoms with Crippen LogP contribution in [0.25, 0.3) is 0 Å². The fourth-order valence-electron chi connectivity index (χ4n) is 1.80. The Morgan fingerprint density at radius 2 is 1.36 bits per heavy atom. The third-order valence-corrected chi connectivity index (χ3v) is 2.68. The number of hydrogen-bond donors (Lipinski definition) is 4. The summed E-state index contributed by atoms with van der Waals surface area (Å²) in [6.07, 6.45) is -5.07. The van der Waals surface area contributed by atoms with Crippen molar-refractivity contribution in [3.8, 4) is 0 Å². The van der Waals surface area contributed by atoms with Crippen LogP contribution < -0.4 is 5.73 Å². The van der Waals surface area contributed by atoms with Crippen molar-refractivity contribution < 1.29 is 24.8 Å². The Hall–Kier alpha value is -0.240. The van der Waals surface area contributed by atoms with Crippen LogP contribution in [0.4, 0.5) is 0 Å². The first-order valence-electron chi connectivity index (χ1n) is 4.40. The molecule has 0 radical (unpaired) electrons. The molecule has 0 aromatic carbocycles. The van der Waals surface area contributed by atoms with E-state index < -0.39 is 36.6 Å². The highest BCUT2D eigenvalue weighted by molar-refractivity contribution is 5.01. The smallest absolute Gasteiger partial charge is 0.113 e. The zero-order chi connectivity index (χ0) is 10.9. The van der Waals surface area contributed by atoms with E-state index in [0.717, 1.165) is 0 Å². The minimum atomic E-state index is -1.30. The number of hydrogen-bond acceptors (Lipinski definition) is 6. The molecule has 1 rings (SSSR count). The largest absolute Gasteiger partial charge is 0.389 e. The Kier molecular flexibility index (Phi) is 3.82. The Labute approximate surface area is 82.2 Å². The van der Waals surface area contributed by atoms with Crippen molar-refractivity contribution in [2.45, 2.75) is 36.6 Å². The van der Waals surface area contributed by atoms with Crippen molar-refractivity contribution in [1.82, 2.24) is 0 Å². The molecule has 0 aromatic rings. The summed E-state index contributed by atoms with van der Waals surface area (Å²) in [6.45, 7) is 0. The molecule has 0 bridgehead atoms. The van der Waals surface area contributed by atoms with E-state index in [4.69, 9.17) is 15.2 Å². The number of aliphatic hydroxyl groups is 3. The molecule has 1 aliphatic rings. The third kappa shape index (κ3) is 1.77. The van der Waals surface area contributed by atoms with Gasteiger partial charge in [0.05, 0.1) is 6.04 Å². The quantitative estimate of drug-likeness (QED) is 0.397. The molecule has 0 saturated heterocycles. The number of aliphatic hydroxyl groups excluding tert-OH is 3. The summed E-state index contributed by atoms with van der Waals surface area (Å²) in [5.41, 5.74) is 5.63. The number of ether oxygens (including phenoxy) is 2. The van der Waals surface area contributed by atoms with Gasteiger partial charge < -0.3 is 30.5 Å². The zero-order valence-corrected chi connectivity index (χ0v) is 8.20. The SMILES string of the molecule is COC1C(N)C(O)C(O)C(O)C1OC. The summed E-state index contributed by atoms with van der Waals surface area (Å²) in [5.74, 6) is 0. The zero-order valence-electron chi connectivity index (χ0n) is 8.20. The second-order valence-electron chi connectivity index (χ2n) is 3.45. The van der Waals surface area contributed by atoms with E-state index in [2.05, 4.69) is 0 Å². The molecule has 84 valence electrons. The van der Waals surface area contributed by atoms with Gasteiger partial charge in [0, 0.05) is 14.2 Å². The van der Waals surface area contributed by atoms with Gasteiger partial charge in [0.1, 0.15) is 30.5 Å². The lowest BCUT2D eigenvalue weighted by molar-refractivity contribution is -0.200. The highest BCUT2D eigenvalue weighted by Gasteiger charge is 2.48. The average molecular weight is 207 g/mol. The van der Waals surface area contributed by atoms with E-state index in [1.165, 1.54) is 14.2 Å². The van der Waals surface area contributed by atoms with Crippen molar-refractivity contribution in [3.63, 3.8) is 0 Å². The molecule has 14 heavy (non-hydrogen) atoms. The molecular formula is C8H17NO5. The van der Waals surface area contributed by atoms with Crippen molar-refractivity contribution >= 4 is 0 Å². The highest BCUT2D eigenvalue weighted by Crippen LogP contribution is 2.23. The lowest BCUT2D eigenvalue weighted by Crippen LogP contribution is -2.67. The van der Waals surface area contributed by atoms with E-state index in [1.807, 2.05) is 0 Å². The molecule has 6 nitrogen and oxygen atoms in total. The monoisotopic (exact) mass is 207 g/mol. The van der Waals surface area contributed by atoms with Crippen LogP contribution in [-0.4, -0.2) is 66.1 Å². The minimum Gasteiger partial charge on any atom is -0.389 e. The Morgan fingerprint density at radius 1 is 0.857 bits per heavy atom. The third-order valence-electron chi connectivity index (χ3n) is 2.68. The number of methoxy groups -OCH3 is 2. The summed E-state index contributed by atoms with van der Waals surface area (Å²) < 4.78 is 9.98. The van der Waals surface area contributed by atoms with Crippen LogP contribution in [0.15, 0.2) is 0 Å². The van der Waals surface area contributed by atoms with Gasteiger partial charge in [-0.15, -0.1) is 0 Å². The predicted octanol–water partition coefficient (Wildman–Crippen LogP) is -2.56. The van der Waals surface area contributed by atoms with Crippen molar-refractivity contribution in [1.29, 1.82) is 0 Å². The molecule has 1 saturated carbocycles. The van der Waals surface area contributed by atoms with Crippen LogP contribution in [0.2, 0.25) is 0 Å². The van der Waals surface area contributed by atoms with Crippen LogP contribution in [0.1, 0.15) is 0 Å². The normalized spacial score (nSPS) is 49.3. The lowest BCUT2D eigenvalue weighted by atomic mass is 9.83. The van der Waals surface area contributed by atoms with Crippen molar-refractivity contribution in [2.24, 2.45) is 5.73 Å².